The molecule has 0 aromatic carbocycles. The second-order valence-electron chi connectivity index (χ2n) is 5.23. The summed E-state index contributed by atoms with van der Waals surface area (Å²) in [5.74, 6) is 0.673. The summed E-state index contributed by atoms with van der Waals surface area (Å²) < 4.78 is 1.83. The Bertz CT molecular complexity index is 479. The zero-order chi connectivity index (χ0) is 13.1. The van der Waals surface area contributed by atoms with E-state index in [0.29, 0.717) is 31.0 Å². The van der Waals surface area contributed by atoms with Gasteiger partial charge in [0.1, 0.15) is 0 Å². The van der Waals surface area contributed by atoms with Crippen LogP contribution in [0.5, 0.6) is 0 Å². The molecule has 2 rings (SSSR count). The van der Waals surface area contributed by atoms with Gasteiger partial charge in [0.2, 0.25) is 0 Å². The van der Waals surface area contributed by atoms with E-state index in [-0.39, 0.29) is 12.2 Å². The van der Waals surface area contributed by atoms with Gasteiger partial charge in [0.25, 0.3) is 5.56 Å². The monoisotopic (exact) mass is 250 g/mol. The van der Waals surface area contributed by atoms with E-state index in [0.717, 1.165) is 25.0 Å². The van der Waals surface area contributed by atoms with Crippen LogP contribution in [0.1, 0.15) is 36.6 Å². The van der Waals surface area contributed by atoms with E-state index >= 15 is 0 Å². The van der Waals surface area contributed by atoms with Crippen molar-refractivity contribution in [2.45, 2.75) is 45.7 Å². The van der Waals surface area contributed by atoms with Crippen molar-refractivity contribution < 1.29 is 5.11 Å². The lowest BCUT2D eigenvalue weighted by Gasteiger charge is -2.25. The maximum absolute atomic E-state index is 12.3. The van der Waals surface area contributed by atoms with E-state index in [1.165, 1.54) is 5.56 Å². The molecule has 3 N–H and O–H groups in total. The van der Waals surface area contributed by atoms with E-state index in [4.69, 9.17) is 10.8 Å². The molecule has 0 saturated carbocycles. The Hall–Kier alpha value is -1.13. The van der Waals surface area contributed by atoms with Crippen LogP contribution in [0.4, 0.5) is 0 Å². The van der Waals surface area contributed by atoms with Gasteiger partial charge < -0.3 is 15.4 Å². The topological polar surface area (TPSA) is 68.2 Å². The van der Waals surface area contributed by atoms with Crippen LogP contribution in [0.3, 0.4) is 0 Å². The molecule has 1 aromatic heterocycles. The molecule has 0 aliphatic heterocycles. The van der Waals surface area contributed by atoms with Crippen molar-refractivity contribution in [3.05, 3.63) is 33.2 Å². The first-order valence-corrected chi connectivity index (χ1v) is 6.72. The van der Waals surface area contributed by atoms with Gasteiger partial charge in [-0.1, -0.05) is 6.92 Å². The summed E-state index contributed by atoms with van der Waals surface area (Å²) in [6, 6.07) is 1.99. The van der Waals surface area contributed by atoms with Gasteiger partial charge in [-0.25, -0.2) is 0 Å². The number of pyridine rings is 1. The lowest BCUT2D eigenvalue weighted by atomic mass is 9.87. The lowest BCUT2D eigenvalue weighted by Crippen LogP contribution is -2.32. The van der Waals surface area contributed by atoms with Crippen LogP contribution in [-0.4, -0.2) is 16.3 Å². The number of hydrogen-bond acceptors (Lipinski definition) is 3. The summed E-state index contributed by atoms with van der Waals surface area (Å²) in [7, 11) is 0. The predicted molar refractivity (Wildman–Crippen MR) is 71.5 cm³/mol. The first-order valence-electron chi connectivity index (χ1n) is 6.72. The molecule has 1 atom stereocenters. The van der Waals surface area contributed by atoms with Crippen LogP contribution >= 0.6 is 0 Å². The van der Waals surface area contributed by atoms with Crippen LogP contribution < -0.4 is 11.3 Å². The first-order chi connectivity index (χ1) is 8.67. The van der Waals surface area contributed by atoms with Crippen LogP contribution in [0.25, 0.3) is 0 Å². The molecular weight excluding hydrogens is 228 g/mol. The number of nitrogens with zero attached hydrogens (tertiary/aromatic N) is 1. The van der Waals surface area contributed by atoms with Crippen LogP contribution in [0.2, 0.25) is 0 Å². The molecule has 0 bridgehead atoms. The van der Waals surface area contributed by atoms with Crippen LogP contribution in [0.15, 0.2) is 10.9 Å². The number of rotatable bonds is 4. The van der Waals surface area contributed by atoms with Gasteiger partial charge >= 0.3 is 0 Å². The molecule has 0 saturated heterocycles. The Balaban J connectivity index is 2.47. The smallest absolute Gasteiger partial charge is 0.255 e. The first kappa shape index (κ1) is 13.3. The maximum atomic E-state index is 12.3. The molecule has 1 unspecified atom stereocenters. The van der Waals surface area contributed by atoms with E-state index in [1.807, 2.05) is 10.6 Å². The third kappa shape index (κ3) is 2.49. The zero-order valence-corrected chi connectivity index (χ0v) is 11.0. The largest absolute Gasteiger partial charge is 0.396 e. The lowest BCUT2D eigenvalue weighted by molar-refractivity contribution is 0.277. The third-order valence-corrected chi connectivity index (χ3v) is 3.77. The van der Waals surface area contributed by atoms with Crippen molar-refractivity contribution in [2.24, 2.45) is 11.7 Å². The fourth-order valence-electron chi connectivity index (χ4n) is 2.77. The van der Waals surface area contributed by atoms with Crippen LogP contribution in [-0.2, 0) is 25.9 Å². The van der Waals surface area contributed by atoms with Crippen LogP contribution in [0, 0.1) is 5.92 Å². The molecule has 0 fully saturated rings. The van der Waals surface area contributed by atoms with Gasteiger partial charge in [0.15, 0.2) is 0 Å². The average Bonchev–Trinajstić information content (AvgIpc) is 2.37. The Morgan fingerprint density at radius 3 is 3.00 bits per heavy atom. The Kier molecular flexibility index (Phi) is 4.19. The van der Waals surface area contributed by atoms with E-state index in [9.17, 15) is 4.79 Å². The summed E-state index contributed by atoms with van der Waals surface area (Å²) in [5, 5.41) is 8.95. The minimum absolute atomic E-state index is 0.0271. The zero-order valence-electron chi connectivity index (χ0n) is 11.0. The second-order valence-corrected chi connectivity index (χ2v) is 5.23. The second kappa shape index (κ2) is 5.67. The molecular formula is C14H22N2O2. The number of aromatic nitrogens is 1. The van der Waals surface area contributed by atoms with Gasteiger partial charge in [-0.3, -0.25) is 4.79 Å². The molecule has 0 amide bonds. The Morgan fingerprint density at radius 1 is 1.56 bits per heavy atom. The molecule has 1 aliphatic carbocycles. The number of nitrogens with two attached hydrogens (primary N) is 1. The Morgan fingerprint density at radius 2 is 2.33 bits per heavy atom. The summed E-state index contributed by atoms with van der Waals surface area (Å²) in [5.41, 5.74) is 8.80. The predicted octanol–water partition coefficient (Wildman–Crippen LogP) is 0.814. The quantitative estimate of drug-likeness (QED) is 0.831. The van der Waals surface area contributed by atoms with Gasteiger partial charge in [0.05, 0.1) is 0 Å². The molecule has 4 nitrogen and oxygen atoms in total. The minimum atomic E-state index is 0.0271. The highest BCUT2D eigenvalue weighted by Gasteiger charge is 2.20. The fourth-order valence-corrected chi connectivity index (χ4v) is 2.77. The van der Waals surface area contributed by atoms with Crippen molar-refractivity contribution in [3.63, 3.8) is 0 Å². The standard InChI is InChI=1S/C14H22N2O2/c1-10-3-4-13-11(7-10)8-12(9-15)14(18)16(13)5-2-6-17/h8,10,17H,2-7,9,15H2,1H3. The number of aliphatic hydroxyl groups is 1. The molecule has 100 valence electrons. The van der Waals surface area contributed by atoms with Crippen molar-refractivity contribution in [2.75, 3.05) is 6.61 Å². The highest BCUT2D eigenvalue weighted by Crippen LogP contribution is 2.25. The fraction of sp³-hybridized carbons (Fsp3) is 0.643. The maximum Gasteiger partial charge on any atom is 0.255 e. The molecule has 0 radical (unpaired) electrons. The molecule has 0 spiro atoms. The van der Waals surface area contributed by atoms with Gasteiger partial charge in [0, 0.05) is 31.0 Å². The van der Waals surface area contributed by atoms with Gasteiger partial charge in [-0.2, -0.15) is 0 Å². The normalized spacial score (nSPS) is 18.7. The summed E-state index contributed by atoms with van der Waals surface area (Å²) in [6.45, 7) is 3.25. The van der Waals surface area contributed by atoms with E-state index in [1.54, 1.807) is 0 Å². The third-order valence-electron chi connectivity index (χ3n) is 3.77. The Labute approximate surface area is 107 Å². The average molecular weight is 250 g/mol. The number of hydrogen-bond donors (Lipinski definition) is 2. The summed E-state index contributed by atoms with van der Waals surface area (Å²) in [6.07, 6.45) is 3.74. The van der Waals surface area contributed by atoms with Crippen molar-refractivity contribution >= 4 is 0 Å². The van der Waals surface area contributed by atoms with E-state index in [2.05, 4.69) is 6.92 Å². The molecule has 1 heterocycles. The van der Waals surface area contributed by atoms with Gasteiger partial charge in [-0.15, -0.1) is 0 Å². The molecule has 4 heteroatoms. The molecule has 18 heavy (non-hydrogen) atoms. The minimum Gasteiger partial charge on any atom is -0.396 e. The van der Waals surface area contributed by atoms with Crippen molar-refractivity contribution in [1.29, 1.82) is 0 Å². The summed E-state index contributed by atoms with van der Waals surface area (Å²) in [4.78, 5) is 12.3. The highest BCUT2D eigenvalue weighted by atomic mass is 16.3. The van der Waals surface area contributed by atoms with Crippen molar-refractivity contribution in [1.82, 2.24) is 4.57 Å². The molecule has 1 aliphatic rings. The highest BCUT2D eigenvalue weighted by molar-refractivity contribution is 5.29. The van der Waals surface area contributed by atoms with Crippen molar-refractivity contribution in [3.8, 4) is 0 Å². The summed E-state index contributed by atoms with van der Waals surface area (Å²) >= 11 is 0. The van der Waals surface area contributed by atoms with E-state index < -0.39 is 0 Å². The number of aliphatic hydroxyl groups excluding tert-OH is 1. The molecule has 1 aromatic rings. The number of fused-ring (bicyclic) bond motifs is 1. The SMILES string of the molecule is CC1CCc2c(cc(CN)c(=O)n2CCCO)C1. The van der Waals surface area contributed by atoms with Gasteiger partial charge in [-0.05, 0) is 43.2 Å².